The van der Waals surface area contributed by atoms with Crippen LogP contribution in [0.1, 0.15) is 174 Å². The number of unbranched alkanes of at least 4 members (excludes halogenated alkanes) is 18. The molecule has 0 aromatic heterocycles. The van der Waals surface area contributed by atoms with Crippen LogP contribution >= 0.6 is 7.82 Å². The number of ether oxygens (including phenoxy) is 2. The van der Waals surface area contributed by atoms with Crippen molar-refractivity contribution in [3.63, 3.8) is 0 Å². The fourth-order valence-electron chi connectivity index (χ4n) is 5.34. The molecule has 0 aliphatic heterocycles. The Morgan fingerprint density at radius 1 is 0.596 bits per heavy atom. The Bertz CT molecular complexity index is 979. The fourth-order valence-corrected chi connectivity index (χ4v) is 6.11. The van der Waals surface area contributed by atoms with E-state index in [-0.39, 0.29) is 38.8 Å². The standard InChI is InChI=1S/C43H78NO7P/c1-3-5-7-9-11-13-15-17-19-21-22-24-26-28-30-32-34-36-43(45)49-40-42(41-51-52(46,47)50-39-37-44)48-38-35-33-31-29-27-25-23-20-18-16-14-12-10-8-6-4-2/h17-20,22,24,28,30,35,38,42H,3-16,21,23,25-27,29,31-34,36-37,39-41,44H2,1-2H3,(H,46,47). The Labute approximate surface area is 319 Å². The number of nitrogens with two attached hydrogens (primary N) is 1. The SMILES string of the molecule is CCCCCCCCC=CCC=CCC=CCCCC(=O)OCC(COP(=O)(O)OCCN)OC=CCCCCCCC=CCCCCCCCC. The zero-order chi connectivity index (χ0) is 38.1. The second-order valence-corrected chi connectivity index (χ2v) is 15.0. The van der Waals surface area contributed by atoms with Crippen LogP contribution in [0, 0.1) is 0 Å². The molecule has 2 unspecified atom stereocenters. The van der Waals surface area contributed by atoms with E-state index < -0.39 is 13.9 Å². The van der Waals surface area contributed by atoms with Gasteiger partial charge in [-0.3, -0.25) is 13.8 Å². The van der Waals surface area contributed by atoms with Gasteiger partial charge in [0.2, 0.25) is 0 Å². The van der Waals surface area contributed by atoms with E-state index in [1.165, 1.54) is 103 Å². The van der Waals surface area contributed by atoms with Gasteiger partial charge in [-0.1, -0.05) is 140 Å². The Kier molecular flexibility index (Phi) is 38.7. The number of carbonyl (C=O) groups is 1. The summed E-state index contributed by atoms with van der Waals surface area (Å²) in [6, 6.07) is 0. The first-order valence-corrected chi connectivity index (χ1v) is 22.3. The predicted octanol–water partition coefficient (Wildman–Crippen LogP) is 12.5. The van der Waals surface area contributed by atoms with Crippen LogP contribution in [0.4, 0.5) is 0 Å². The molecule has 302 valence electrons. The van der Waals surface area contributed by atoms with Gasteiger partial charge in [0.05, 0.1) is 19.5 Å². The number of rotatable bonds is 39. The maximum atomic E-state index is 12.4. The summed E-state index contributed by atoms with van der Waals surface area (Å²) in [6.45, 7) is 4.12. The second-order valence-electron chi connectivity index (χ2n) is 13.6. The van der Waals surface area contributed by atoms with Crippen LogP contribution in [-0.4, -0.2) is 43.3 Å². The highest BCUT2D eigenvalue weighted by atomic mass is 31.2. The van der Waals surface area contributed by atoms with Crippen molar-refractivity contribution in [1.29, 1.82) is 0 Å². The summed E-state index contributed by atoms with van der Waals surface area (Å²) in [5.41, 5.74) is 5.35. The van der Waals surface area contributed by atoms with E-state index in [9.17, 15) is 14.3 Å². The van der Waals surface area contributed by atoms with Crippen molar-refractivity contribution in [3.05, 3.63) is 60.9 Å². The molecule has 52 heavy (non-hydrogen) atoms. The van der Waals surface area contributed by atoms with E-state index in [0.29, 0.717) is 6.42 Å². The van der Waals surface area contributed by atoms with Gasteiger partial charge in [0.25, 0.3) is 0 Å². The molecule has 0 radical (unpaired) electrons. The Morgan fingerprint density at radius 3 is 1.56 bits per heavy atom. The van der Waals surface area contributed by atoms with Gasteiger partial charge in [0, 0.05) is 13.0 Å². The molecule has 0 spiro atoms. The molecule has 0 saturated carbocycles. The quantitative estimate of drug-likeness (QED) is 0.0210. The monoisotopic (exact) mass is 752 g/mol. The fraction of sp³-hybridized carbons (Fsp3) is 0.744. The van der Waals surface area contributed by atoms with Gasteiger partial charge in [-0.15, -0.1) is 0 Å². The van der Waals surface area contributed by atoms with E-state index in [1.54, 1.807) is 6.26 Å². The van der Waals surface area contributed by atoms with Crippen LogP contribution in [0.15, 0.2) is 60.9 Å². The van der Waals surface area contributed by atoms with Crippen LogP contribution < -0.4 is 5.73 Å². The molecule has 8 nitrogen and oxygen atoms in total. The number of hydrogen-bond acceptors (Lipinski definition) is 7. The first-order valence-electron chi connectivity index (χ1n) is 20.8. The summed E-state index contributed by atoms with van der Waals surface area (Å²) in [6.07, 6.45) is 49.1. The van der Waals surface area contributed by atoms with E-state index in [4.69, 9.17) is 24.3 Å². The summed E-state index contributed by atoms with van der Waals surface area (Å²) < 4.78 is 33.1. The van der Waals surface area contributed by atoms with Gasteiger partial charge in [-0.2, -0.15) is 0 Å². The number of hydrogen-bond donors (Lipinski definition) is 2. The van der Waals surface area contributed by atoms with Gasteiger partial charge in [0.15, 0.2) is 6.10 Å². The molecule has 0 aliphatic rings. The third kappa shape index (κ3) is 39.3. The van der Waals surface area contributed by atoms with Crippen molar-refractivity contribution >= 4 is 13.8 Å². The van der Waals surface area contributed by atoms with Crippen LogP contribution in [0.25, 0.3) is 0 Å². The van der Waals surface area contributed by atoms with Crippen LogP contribution in [0.5, 0.6) is 0 Å². The van der Waals surface area contributed by atoms with E-state index in [1.807, 2.05) is 6.08 Å². The van der Waals surface area contributed by atoms with Gasteiger partial charge >= 0.3 is 13.8 Å². The number of phosphoric acid groups is 1. The third-order valence-electron chi connectivity index (χ3n) is 8.50. The lowest BCUT2D eigenvalue weighted by Gasteiger charge is -2.19. The maximum absolute atomic E-state index is 12.4. The molecule has 9 heteroatoms. The number of carbonyl (C=O) groups excluding carboxylic acids is 1. The topological polar surface area (TPSA) is 117 Å². The largest absolute Gasteiger partial charge is 0.492 e. The highest BCUT2D eigenvalue weighted by Crippen LogP contribution is 2.43. The number of esters is 1. The van der Waals surface area contributed by atoms with Gasteiger partial charge in [-0.25, -0.2) is 4.57 Å². The highest BCUT2D eigenvalue weighted by Gasteiger charge is 2.24. The average molecular weight is 752 g/mol. The van der Waals surface area contributed by atoms with E-state index in [2.05, 4.69) is 62.5 Å². The molecular weight excluding hydrogens is 673 g/mol. The lowest BCUT2D eigenvalue weighted by atomic mass is 10.1. The summed E-state index contributed by atoms with van der Waals surface area (Å²) in [4.78, 5) is 22.2. The molecule has 0 amide bonds. The zero-order valence-corrected chi connectivity index (χ0v) is 34.2. The second kappa shape index (κ2) is 40.2. The maximum Gasteiger partial charge on any atom is 0.472 e. The van der Waals surface area contributed by atoms with Gasteiger partial charge in [0.1, 0.15) is 6.61 Å². The molecule has 0 aromatic rings. The number of phosphoric ester groups is 1. The average Bonchev–Trinajstić information content (AvgIpc) is 3.14. The zero-order valence-electron chi connectivity index (χ0n) is 33.3. The molecule has 0 bridgehead atoms. The summed E-state index contributed by atoms with van der Waals surface area (Å²) in [7, 11) is -4.28. The Hall–Kier alpha value is -1.96. The molecule has 0 saturated heterocycles. The third-order valence-corrected chi connectivity index (χ3v) is 9.48. The molecular formula is C43H78NO7P. The van der Waals surface area contributed by atoms with Crippen LogP contribution in [0.3, 0.4) is 0 Å². The van der Waals surface area contributed by atoms with Gasteiger partial charge < -0.3 is 20.1 Å². The minimum atomic E-state index is -4.28. The Balaban J connectivity index is 4.22. The molecule has 0 fully saturated rings. The minimum absolute atomic E-state index is 0.0903. The van der Waals surface area contributed by atoms with Crippen molar-refractivity contribution in [2.24, 2.45) is 5.73 Å². The van der Waals surface area contributed by atoms with Crippen molar-refractivity contribution < 1.29 is 32.8 Å². The van der Waals surface area contributed by atoms with Crippen LogP contribution in [0.2, 0.25) is 0 Å². The molecule has 0 aromatic carbocycles. The first kappa shape index (κ1) is 50.0. The number of allylic oxidation sites excluding steroid dienone is 9. The molecule has 3 N–H and O–H groups in total. The smallest absolute Gasteiger partial charge is 0.472 e. The predicted molar refractivity (Wildman–Crippen MR) is 219 cm³/mol. The van der Waals surface area contributed by atoms with Crippen molar-refractivity contribution in [3.8, 4) is 0 Å². The lowest BCUT2D eigenvalue weighted by molar-refractivity contribution is -0.147. The molecule has 0 rings (SSSR count). The minimum Gasteiger partial charge on any atom is -0.492 e. The highest BCUT2D eigenvalue weighted by molar-refractivity contribution is 7.47. The van der Waals surface area contributed by atoms with Crippen molar-refractivity contribution in [2.45, 2.75) is 180 Å². The van der Waals surface area contributed by atoms with E-state index >= 15 is 0 Å². The van der Waals surface area contributed by atoms with Crippen molar-refractivity contribution in [1.82, 2.24) is 0 Å². The molecule has 0 aliphatic carbocycles. The van der Waals surface area contributed by atoms with Crippen LogP contribution in [-0.2, 0) is 27.9 Å². The first-order chi connectivity index (χ1) is 25.4. The molecule has 2 atom stereocenters. The Morgan fingerprint density at radius 2 is 1.04 bits per heavy atom. The summed E-state index contributed by atoms with van der Waals surface area (Å²) in [5, 5.41) is 0. The van der Waals surface area contributed by atoms with Gasteiger partial charge in [-0.05, 0) is 83.1 Å². The van der Waals surface area contributed by atoms with E-state index in [0.717, 1.165) is 44.9 Å². The van der Waals surface area contributed by atoms with Crippen molar-refractivity contribution in [2.75, 3.05) is 26.4 Å². The lowest BCUT2D eigenvalue weighted by Crippen LogP contribution is -2.25. The summed E-state index contributed by atoms with van der Waals surface area (Å²) in [5.74, 6) is -0.345. The summed E-state index contributed by atoms with van der Waals surface area (Å²) >= 11 is 0. The molecule has 0 heterocycles. The normalized spacial score (nSPS) is 14.1.